The third-order valence-corrected chi connectivity index (χ3v) is 5.09. The van der Waals surface area contributed by atoms with Crippen LogP contribution in [0.3, 0.4) is 0 Å². The van der Waals surface area contributed by atoms with Crippen LogP contribution < -0.4 is 10.2 Å². The average molecular weight is 421 g/mol. The lowest BCUT2D eigenvalue weighted by Gasteiger charge is -2.09. The van der Waals surface area contributed by atoms with E-state index in [0.717, 1.165) is 28.3 Å². The third kappa shape index (κ3) is 6.70. The topological polar surface area (TPSA) is 76.5 Å². The van der Waals surface area contributed by atoms with Crippen molar-refractivity contribution in [1.29, 1.82) is 0 Å². The molecule has 3 rings (SSSR count). The maximum Gasteiger partial charge on any atom is 0.253 e. The number of aromatic nitrogens is 2. The first-order valence-corrected chi connectivity index (χ1v) is 10.5. The molecule has 154 valence electrons. The van der Waals surface area contributed by atoms with E-state index < -0.39 is 0 Å². The summed E-state index contributed by atoms with van der Waals surface area (Å²) in [6, 6.07) is 19.4. The molecule has 1 amide bonds. The number of carbonyl (C=O) groups excluding carboxylic acids is 1. The van der Waals surface area contributed by atoms with E-state index in [1.165, 1.54) is 11.8 Å². The minimum absolute atomic E-state index is 0.207. The lowest BCUT2D eigenvalue weighted by molar-refractivity contribution is -0.120. The lowest BCUT2D eigenvalue weighted by atomic mass is 10.2. The zero-order valence-corrected chi connectivity index (χ0v) is 18.0. The number of ether oxygens (including phenoxy) is 1. The normalized spacial score (nSPS) is 12.0. The molecular weight excluding hydrogens is 396 g/mol. The van der Waals surface area contributed by atoms with Gasteiger partial charge < -0.3 is 4.74 Å². The SMILES string of the molecule is Cc1cc(C)nc(S[C@@H](C)C(=O)N/N=C\c2ccc(OCc3ccccc3)cc2)n1. The number of aryl methyl sites for hydroxylation is 2. The molecule has 1 heterocycles. The van der Waals surface area contributed by atoms with Crippen LogP contribution in [0.15, 0.2) is 70.9 Å². The first-order valence-electron chi connectivity index (χ1n) is 9.58. The van der Waals surface area contributed by atoms with Crippen molar-refractivity contribution in [1.82, 2.24) is 15.4 Å². The molecule has 2 aromatic carbocycles. The molecule has 7 heteroatoms. The Morgan fingerprint density at radius 3 is 2.43 bits per heavy atom. The van der Waals surface area contributed by atoms with Gasteiger partial charge >= 0.3 is 0 Å². The second-order valence-electron chi connectivity index (χ2n) is 6.77. The highest BCUT2D eigenvalue weighted by atomic mass is 32.2. The van der Waals surface area contributed by atoms with E-state index >= 15 is 0 Å². The van der Waals surface area contributed by atoms with Crippen LogP contribution in [0.25, 0.3) is 0 Å². The van der Waals surface area contributed by atoms with E-state index in [1.54, 1.807) is 13.1 Å². The van der Waals surface area contributed by atoms with Gasteiger partial charge in [-0.1, -0.05) is 42.1 Å². The van der Waals surface area contributed by atoms with Crippen molar-refractivity contribution in [2.75, 3.05) is 0 Å². The number of carbonyl (C=O) groups is 1. The van der Waals surface area contributed by atoms with Gasteiger partial charge in [0.2, 0.25) is 0 Å². The van der Waals surface area contributed by atoms with Gasteiger partial charge in [-0.2, -0.15) is 5.10 Å². The van der Waals surface area contributed by atoms with E-state index in [9.17, 15) is 4.79 Å². The standard InChI is InChI=1S/C23H24N4O2S/c1-16-13-17(2)26-23(25-16)30-18(3)22(28)27-24-14-19-9-11-21(12-10-19)29-15-20-7-5-4-6-8-20/h4-14,18H,15H2,1-3H3,(H,27,28)/b24-14-/t18-/m0/s1. The molecule has 0 unspecified atom stereocenters. The fourth-order valence-corrected chi connectivity index (χ4v) is 3.48. The molecular formula is C23H24N4O2S. The van der Waals surface area contributed by atoms with Gasteiger partial charge in [0.15, 0.2) is 5.16 Å². The van der Waals surface area contributed by atoms with Crippen LogP contribution in [-0.4, -0.2) is 27.3 Å². The smallest absolute Gasteiger partial charge is 0.253 e. The Kier molecular flexibility index (Phi) is 7.57. The van der Waals surface area contributed by atoms with Crippen molar-refractivity contribution in [2.24, 2.45) is 5.10 Å². The Labute approximate surface area is 180 Å². The van der Waals surface area contributed by atoms with E-state index in [-0.39, 0.29) is 11.2 Å². The number of benzene rings is 2. The molecule has 3 aromatic rings. The summed E-state index contributed by atoms with van der Waals surface area (Å²) in [6.07, 6.45) is 1.60. The van der Waals surface area contributed by atoms with Crippen molar-refractivity contribution >= 4 is 23.9 Å². The molecule has 6 nitrogen and oxygen atoms in total. The Balaban J connectivity index is 1.47. The van der Waals surface area contributed by atoms with Crippen LogP contribution in [0.4, 0.5) is 0 Å². The molecule has 0 bridgehead atoms. The predicted octanol–water partition coefficient (Wildman–Crippen LogP) is 4.30. The van der Waals surface area contributed by atoms with E-state index in [1.807, 2.05) is 74.5 Å². The van der Waals surface area contributed by atoms with Crippen LogP contribution in [0.5, 0.6) is 5.75 Å². The van der Waals surface area contributed by atoms with Crippen molar-refractivity contribution in [3.05, 3.63) is 83.2 Å². The van der Waals surface area contributed by atoms with Gasteiger partial charge in [0, 0.05) is 11.4 Å². The molecule has 0 saturated carbocycles. The first kappa shape index (κ1) is 21.5. The lowest BCUT2D eigenvalue weighted by Crippen LogP contribution is -2.27. The second-order valence-corrected chi connectivity index (χ2v) is 8.08. The molecule has 1 atom stereocenters. The largest absolute Gasteiger partial charge is 0.489 e. The first-order chi connectivity index (χ1) is 14.5. The summed E-state index contributed by atoms with van der Waals surface area (Å²) in [5.41, 5.74) is 6.30. The predicted molar refractivity (Wildman–Crippen MR) is 120 cm³/mol. The maximum absolute atomic E-state index is 12.3. The molecule has 0 fully saturated rings. The van der Waals surface area contributed by atoms with Crippen molar-refractivity contribution < 1.29 is 9.53 Å². The molecule has 1 aromatic heterocycles. The molecule has 1 N–H and O–H groups in total. The van der Waals surface area contributed by atoms with Gasteiger partial charge in [-0.25, -0.2) is 15.4 Å². The Morgan fingerprint density at radius 1 is 1.10 bits per heavy atom. The summed E-state index contributed by atoms with van der Waals surface area (Å²) >= 11 is 1.31. The van der Waals surface area contributed by atoms with Crippen molar-refractivity contribution in [2.45, 2.75) is 37.8 Å². The van der Waals surface area contributed by atoms with Gasteiger partial charge in [-0.3, -0.25) is 4.79 Å². The zero-order valence-electron chi connectivity index (χ0n) is 17.2. The van der Waals surface area contributed by atoms with Gasteiger partial charge in [-0.05, 0) is 62.2 Å². The zero-order chi connectivity index (χ0) is 21.3. The summed E-state index contributed by atoms with van der Waals surface area (Å²) < 4.78 is 5.77. The highest BCUT2D eigenvalue weighted by Crippen LogP contribution is 2.20. The monoisotopic (exact) mass is 420 g/mol. The highest BCUT2D eigenvalue weighted by molar-refractivity contribution is 8.00. The number of rotatable bonds is 8. The van der Waals surface area contributed by atoms with Crippen LogP contribution in [-0.2, 0) is 11.4 Å². The van der Waals surface area contributed by atoms with Crippen molar-refractivity contribution in [3.63, 3.8) is 0 Å². The van der Waals surface area contributed by atoms with Crippen molar-refractivity contribution in [3.8, 4) is 5.75 Å². The van der Waals surface area contributed by atoms with Gasteiger partial charge in [0.25, 0.3) is 5.91 Å². The second kappa shape index (κ2) is 10.5. The summed E-state index contributed by atoms with van der Waals surface area (Å²) in [7, 11) is 0. The molecule has 30 heavy (non-hydrogen) atoms. The van der Waals surface area contributed by atoms with Gasteiger partial charge in [0.05, 0.1) is 11.5 Å². The summed E-state index contributed by atoms with van der Waals surface area (Å²) in [5.74, 6) is 0.570. The van der Waals surface area contributed by atoms with Crippen LogP contribution >= 0.6 is 11.8 Å². The molecule has 0 aliphatic heterocycles. The fraction of sp³-hybridized carbons (Fsp3) is 0.217. The Hall–Kier alpha value is -3.19. The Bertz CT molecular complexity index is 987. The number of hydrazone groups is 1. The minimum atomic E-state index is -0.364. The number of nitrogens with one attached hydrogen (secondary N) is 1. The van der Waals surface area contributed by atoms with Crippen LogP contribution in [0.2, 0.25) is 0 Å². The third-order valence-electron chi connectivity index (χ3n) is 4.13. The van der Waals surface area contributed by atoms with E-state index in [0.29, 0.717) is 11.8 Å². The quantitative estimate of drug-likeness (QED) is 0.254. The maximum atomic E-state index is 12.3. The molecule has 0 spiro atoms. The average Bonchev–Trinajstić information content (AvgIpc) is 2.73. The van der Waals surface area contributed by atoms with Gasteiger partial charge in [0.1, 0.15) is 12.4 Å². The number of amides is 1. The van der Waals surface area contributed by atoms with E-state index in [4.69, 9.17) is 4.74 Å². The minimum Gasteiger partial charge on any atom is -0.489 e. The summed E-state index contributed by atoms with van der Waals surface area (Å²) in [5, 5.41) is 4.27. The highest BCUT2D eigenvalue weighted by Gasteiger charge is 2.15. The fourth-order valence-electron chi connectivity index (χ4n) is 2.61. The van der Waals surface area contributed by atoms with Crippen LogP contribution in [0.1, 0.15) is 29.4 Å². The van der Waals surface area contributed by atoms with E-state index in [2.05, 4.69) is 20.5 Å². The number of thioether (sulfide) groups is 1. The Morgan fingerprint density at radius 2 is 1.77 bits per heavy atom. The summed E-state index contributed by atoms with van der Waals surface area (Å²) in [6.45, 7) is 6.14. The van der Waals surface area contributed by atoms with Crippen LogP contribution in [0, 0.1) is 13.8 Å². The van der Waals surface area contributed by atoms with Gasteiger partial charge in [-0.15, -0.1) is 0 Å². The number of hydrogen-bond acceptors (Lipinski definition) is 6. The molecule has 0 aliphatic carbocycles. The summed E-state index contributed by atoms with van der Waals surface area (Å²) in [4.78, 5) is 21.0. The molecule has 0 radical (unpaired) electrons. The molecule has 0 saturated heterocycles. The number of hydrogen-bond donors (Lipinski definition) is 1. The molecule has 0 aliphatic rings. The number of nitrogens with zero attached hydrogens (tertiary/aromatic N) is 3.